The average molecular weight is 267 g/mol. The van der Waals surface area contributed by atoms with Crippen LogP contribution in [-0.4, -0.2) is 16.8 Å². The standard InChI is InChI=1S/C13H15F2N3O/c1-8-10(7-16-2)13(18(3)17-8)19-12-5-4-9(14)6-11(12)15/h4-6,16H,7H2,1-3H3. The lowest BCUT2D eigenvalue weighted by atomic mass is 10.2. The molecule has 0 fully saturated rings. The number of hydrogen-bond donors (Lipinski definition) is 1. The second kappa shape index (κ2) is 5.36. The Hall–Kier alpha value is -1.95. The third-order valence-corrected chi connectivity index (χ3v) is 2.74. The number of rotatable bonds is 4. The monoisotopic (exact) mass is 267 g/mol. The fourth-order valence-electron chi connectivity index (χ4n) is 1.85. The average Bonchev–Trinajstić information content (AvgIpc) is 2.60. The van der Waals surface area contributed by atoms with E-state index >= 15 is 0 Å². The van der Waals surface area contributed by atoms with Crippen LogP contribution in [0.15, 0.2) is 18.2 Å². The molecular weight excluding hydrogens is 252 g/mol. The van der Waals surface area contributed by atoms with Gasteiger partial charge in [0.05, 0.1) is 11.3 Å². The molecule has 0 saturated carbocycles. The number of aryl methyl sites for hydroxylation is 2. The Labute approximate surface area is 110 Å². The van der Waals surface area contributed by atoms with Crippen molar-refractivity contribution in [3.05, 3.63) is 41.1 Å². The molecular formula is C13H15F2N3O. The van der Waals surface area contributed by atoms with Crippen LogP contribution in [0.3, 0.4) is 0 Å². The topological polar surface area (TPSA) is 39.1 Å². The first-order chi connectivity index (χ1) is 9.02. The number of ether oxygens (including phenoxy) is 1. The highest BCUT2D eigenvalue weighted by atomic mass is 19.1. The van der Waals surface area contributed by atoms with Gasteiger partial charge in [-0.05, 0) is 26.1 Å². The Morgan fingerprint density at radius 3 is 2.74 bits per heavy atom. The van der Waals surface area contributed by atoms with Gasteiger partial charge in [0.1, 0.15) is 5.82 Å². The van der Waals surface area contributed by atoms with Crippen LogP contribution in [0.5, 0.6) is 11.6 Å². The van der Waals surface area contributed by atoms with E-state index in [0.29, 0.717) is 12.4 Å². The highest BCUT2D eigenvalue weighted by Crippen LogP contribution is 2.29. The van der Waals surface area contributed by atoms with Gasteiger partial charge in [0.25, 0.3) is 0 Å². The fourth-order valence-corrected chi connectivity index (χ4v) is 1.85. The first kappa shape index (κ1) is 13.5. The Balaban J connectivity index is 2.37. The number of nitrogens with zero attached hydrogens (tertiary/aromatic N) is 2. The maximum Gasteiger partial charge on any atom is 0.222 e. The molecule has 2 aromatic rings. The van der Waals surface area contributed by atoms with Crippen molar-refractivity contribution in [1.29, 1.82) is 0 Å². The maximum atomic E-state index is 13.6. The van der Waals surface area contributed by atoms with Crippen LogP contribution in [0.25, 0.3) is 0 Å². The van der Waals surface area contributed by atoms with Crippen molar-refractivity contribution in [3.8, 4) is 11.6 Å². The van der Waals surface area contributed by atoms with Gasteiger partial charge in [0, 0.05) is 19.7 Å². The SMILES string of the molecule is CNCc1c(C)nn(C)c1Oc1ccc(F)cc1F. The zero-order chi connectivity index (χ0) is 14.0. The predicted octanol–water partition coefficient (Wildman–Crippen LogP) is 2.52. The molecule has 0 spiro atoms. The van der Waals surface area contributed by atoms with E-state index < -0.39 is 11.6 Å². The lowest BCUT2D eigenvalue weighted by Gasteiger charge is -2.09. The summed E-state index contributed by atoms with van der Waals surface area (Å²) < 4.78 is 33.5. The summed E-state index contributed by atoms with van der Waals surface area (Å²) in [5.41, 5.74) is 1.64. The number of hydrogen-bond acceptors (Lipinski definition) is 3. The molecule has 0 bridgehead atoms. The lowest BCUT2D eigenvalue weighted by molar-refractivity contribution is 0.396. The quantitative estimate of drug-likeness (QED) is 0.925. The zero-order valence-corrected chi connectivity index (χ0v) is 11.0. The molecule has 102 valence electrons. The van der Waals surface area contributed by atoms with Gasteiger partial charge in [0.15, 0.2) is 11.6 Å². The summed E-state index contributed by atoms with van der Waals surface area (Å²) >= 11 is 0. The highest BCUT2D eigenvalue weighted by Gasteiger charge is 2.16. The van der Waals surface area contributed by atoms with Crippen molar-refractivity contribution in [2.45, 2.75) is 13.5 Å². The molecule has 4 nitrogen and oxygen atoms in total. The number of aromatic nitrogens is 2. The first-order valence-corrected chi connectivity index (χ1v) is 5.83. The molecule has 0 saturated heterocycles. The minimum atomic E-state index is -0.741. The smallest absolute Gasteiger partial charge is 0.222 e. The maximum absolute atomic E-state index is 13.6. The second-order valence-electron chi connectivity index (χ2n) is 4.20. The van der Waals surface area contributed by atoms with Crippen molar-refractivity contribution < 1.29 is 13.5 Å². The van der Waals surface area contributed by atoms with E-state index in [9.17, 15) is 8.78 Å². The molecule has 1 heterocycles. The highest BCUT2D eigenvalue weighted by molar-refractivity contribution is 5.36. The van der Waals surface area contributed by atoms with Crippen LogP contribution in [0.2, 0.25) is 0 Å². The molecule has 0 aliphatic rings. The van der Waals surface area contributed by atoms with Crippen LogP contribution in [0, 0.1) is 18.6 Å². The van der Waals surface area contributed by atoms with E-state index in [2.05, 4.69) is 10.4 Å². The first-order valence-electron chi connectivity index (χ1n) is 5.83. The van der Waals surface area contributed by atoms with Gasteiger partial charge >= 0.3 is 0 Å². The number of halogens is 2. The molecule has 1 aromatic heterocycles. The van der Waals surface area contributed by atoms with Crippen molar-refractivity contribution in [3.63, 3.8) is 0 Å². The van der Waals surface area contributed by atoms with Gasteiger partial charge in [-0.3, -0.25) is 0 Å². The summed E-state index contributed by atoms with van der Waals surface area (Å²) in [7, 11) is 3.51. The van der Waals surface area contributed by atoms with Crippen LogP contribution in [-0.2, 0) is 13.6 Å². The van der Waals surface area contributed by atoms with E-state index in [1.54, 1.807) is 14.1 Å². The second-order valence-corrected chi connectivity index (χ2v) is 4.20. The van der Waals surface area contributed by atoms with Crippen molar-refractivity contribution in [1.82, 2.24) is 15.1 Å². The summed E-state index contributed by atoms with van der Waals surface area (Å²) in [5, 5.41) is 7.23. The summed E-state index contributed by atoms with van der Waals surface area (Å²) in [6.45, 7) is 2.40. The van der Waals surface area contributed by atoms with Gasteiger partial charge < -0.3 is 10.1 Å². The van der Waals surface area contributed by atoms with Crippen molar-refractivity contribution >= 4 is 0 Å². The Morgan fingerprint density at radius 1 is 1.37 bits per heavy atom. The Bertz CT molecular complexity index is 596. The Kier molecular flexibility index (Phi) is 3.80. The fraction of sp³-hybridized carbons (Fsp3) is 0.308. The molecule has 0 atom stereocenters. The summed E-state index contributed by atoms with van der Waals surface area (Å²) in [6, 6.07) is 3.20. The molecule has 1 aromatic carbocycles. The van der Waals surface area contributed by atoms with E-state index in [-0.39, 0.29) is 5.75 Å². The van der Waals surface area contributed by atoms with Gasteiger partial charge in [-0.1, -0.05) is 0 Å². The van der Waals surface area contributed by atoms with Gasteiger partial charge in [-0.25, -0.2) is 13.5 Å². The summed E-state index contributed by atoms with van der Waals surface area (Å²) in [6.07, 6.45) is 0. The molecule has 1 N–H and O–H groups in total. The normalized spacial score (nSPS) is 10.8. The van der Waals surface area contributed by atoms with E-state index in [4.69, 9.17) is 4.74 Å². The molecule has 0 radical (unpaired) electrons. The molecule has 0 aliphatic heterocycles. The largest absolute Gasteiger partial charge is 0.436 e. The minimum absolute atomic E-state index is 0.0262. The van der Waals surface area contributed by atoms with Crippen LogP contribution in [0.1, 0.15) is 11.3 Å². The van der Waals surface area contributed by atoms with E-state index in [1.807, 2.05) is 6.92 Å². The van der Waals surface area contributed by atoms with Gasteiger partial charge in [-0.15, -0.1) is 0 Å². The summed E-state index contributed by atoms with van der Waals surface area (Å²) in [5.74, 6) is -0.963. The third kappa shape index (κ3) is 2.73. The van der Waals surface area contributed by atoms with Crippen molar-refractivity contribution in [2.75, 3.05) is 7.05 Å². The van der Waals surface area contributed by atoms with Crippen LogP contribution >= 0.6 is 0 Å². The molecule has 6 heteroatoms. The van der Waals surface area contributed by atoms with E-state index in [0.717, 1.165) is 23.4 Å². The predicted molar refractivity (Wildman–Crippen MR) is 67.1 cm³/mol. The van der Waals surface area contributed by atoms with Crippen LogP contribution in [0.4, 0.5) is 8.78 Å². The Morgan fingerprint density at radius 2 is 2.11 bits per heavy atom. The minimum Gasteiger partial charge on any atom is -0.436 e. The number of nitrogens with one attached hydrogen (secondary N) is 1. The molecule has 0 unspecified atom stereocenters. The van der Waals surface area contributed by atoms with Gasteiger partial charge in [0.2, 0.25) is 5.88 Å². The lowest BCUT2D eigenvalue weighted by Crippen LogP contribution is -2.07. The zero-order valence-electron chi connectivity index (χ0n) is 11.0. The number of benzene rings is 1. The molecule has 0 aliphatic carbocycles. The summed E-state index contributed by atoms with van der Waals surface area (Å²) in [4.78, 5) is 0. The molecule has 19 heavy (non-hydrogen) atoms. The van der Waals surface area contributed by atoms with Gasteiger partial charge in [-0.2, -0.15) is 5.10 Å². The molecule has 2 rings (SSSR count). The van der Waals surface area contributed by atoms with Crippen molar-refractivity contribution in [2.24, 2.45) is 7.05 Å². The molecule has 0 amide bonds. The third-order valence-electron chi connectivity index (χ3n) is 2.74. The van der Waals surface area contributed by atoms with E-state index in [1.165, 1.54) is 10.7 Å². The van der Waals surface area contributed by atoms with Crippen LogP contribution < -0.4 is 10.1 Å².